The number of nitrogen functional groups attached to an aromatic ring is 1. The standard InChI is InChI=1S/C12H22N4OS/c1-16(2)12(6-4-5-7-12)8-14-11-9(17-3)10(13)15-18-11/h14H,4-8H2,1-3H3,(H2,13,15). The van der Waals surface area contributed by atoms with Crippen LogP contribution in [0, 0.1) is 0 Å². The van der Waals surface area contributed by atoms with Crippen molar-refractivity contribution in [1.82, 2.24) is 9.27 Å². The first-order valence-electron chi connectivity index (χ1n) is 6.29. The van der Waals surface area contributed by atoms with Gasteiger partial charge in [-0.25, -0.2) is 0 Å². The average molecular weight is 270 g/mol. The van der Waals surface area contributed by atoms with E-state index in [1.54, 1.807) is 7.11 Å². The van der Waals surface area contributed by atoms with Crippen LogP contribution >= 0.6 is 11.5 Å². The molecule has 0 spiro atoms. The smallest absolute Gasteiger partial charge is 0.197 e. The first kappa shape index (κ1) is 13.4. The van der Waals surface area contributed by atoms with Crippen molar-refractivity contribution in [1.29, 1.82) is 0 Å². The minimum atomic E-state index is 0.254. The van der Waals surface area contributed by atoms with E-state index in [1.165, 1.54) is 37.2 Å². The lowest BCUT2D eigenvalue weighted by Crippen LogP contribution is -2.47. The molecule has 1 aromatic rings. The van der Waals surface area contributed by atoms with Crippen LogP contribution in [0.4, 0.5) is 10.8 Å². The van der Waals surface area contributed by atoms with E-state index in [4.69, 9.17) is 10.5 Å². The molecule has 18 heavy (non-hydrogen) atoms. The number of hydrogen-bond donors (Lipinski definition) is 2. The Bertz CT molecular complexity index is 399. The highest BCUT2D eigenvalue weighted by Gasteiger charge is 2.36. The van der Waals surface area contributed by atoms with Gasteiger partial charge in [-0.1, -0.05) is 12.8 Å². The van der Waals surface area contributed by atoms with Gasteiger partial charge >= 0.3 is 0 Å². The number of aromatic nitrogens is 1. The second-order valence-electron chi connectivity index (χ2n) is 5.11. The maximum absolute atomic E-state index is 5.75. The summed E-state index contributed by atoms with van der Waals surface area (Å²) in [5.41, 5.74) is 6.01. The molecule has 0 amide bonds. The zero-order valence-electron chi connectivity index (χ0n) is 11.3. The van der Waals surface area contributed by atoms with Gasteiger partial charge in [-0.3, -0.25) is 0 Å². The zero-order chi connectivity index (χ0) is 13.2. The van der Waals surface area contributed by atoms with Gasteiger partial charge in [-0.2, -0.15) is 4.37 Å². The van der Waals surface area contributed by atoms with E-state index in [0.717, 1.165) is 11.5 Å². The third-order valence-corrected chi connectivity index (χ3v) is 4.74. The van der Waals surface area contributed by atoms with Gasteiger partial charge in [-0.05, 0) is 38.5 Å². The number of rotatable bonds is 5. The summed E-state index contributed by atoms with van der Waals surface area (Å²) in [6.07, 6.45) is 5.09. The van der Waals surface area contributed by atoms with Crippen LogP contribution < -0.4 is 15.8 Å². The summed E-state index contributed by atoms with van der Waals surface area (Å²) in [5.74, 6) is 1.14. The lowest BCUT2D eigenvalue weighted by Gasteiger charge is -2.36. The molecule has 102 valence electrons. The fourth-order valence-corrected chi connectivity index (χ4v) is 3.34. The number of nitrogens with zero attached hydrogens (tertiary/aromatic N) is 2. The van der Waals surface area contributed by atoms with Crippen LogP contribution in [0.15, 0.2) is 0 Å². The maximum atomic E-state index is 5.75. The number of hydrogen-bond acceptors (Lipinski definition) is 6. The molecule has 1 aromatic heterocycles. The van der Waals surface area contributed by atoms with Gasteiger partial charge in [0.1, 0.15) is 0 Å². The first-order chi connectivity index (χ1) is 8.59. The summed E-state index contributed by atoms with van der Waals surface area (Å²) in [6.45, 7) is 0.915. The van der Waals surface area contributed by atoms with E-state index in [9.17, 15) is 0 Å². The van der Waals surface area contributed by atoms with E-state index in [1.807, 2.05) is 0 Å². The summed E-state index contributed by atoms with van der Waals surface area (Å²) >= 11 is 1.36. The molecule has 1 heterocycles. The summed E-state index contributed by atoms with van der Waals surface area (Å²) in [7, 11) is 5.94. The van der Waals surface area contributed by atoms with Crippen molar-refractivity contribution in [2.75, 3.05) is 38.8 Å². The second-order valence-corrected chi connectivity index (χ2v) is 5.88. The van der Waals surface area contributed by atoms with Crippen LogP contribution in [0.1, 0.15) is 25.7 Å². The van der Waals surface area contributed by atoms with Crippen LogP contribution in [0.2, 0.25) is 0 Å². The number of nitrogens with two attached hydrogens (primary N) is 1. The number of ether oxygens (including phenoxy) is 1. The Hall–Kier alpha value is -1.01. The molecule has 6 heteroatoms. The third kappa shape index (κ3) is 2.40. The molecule has 2 rings (SSSR count). The van der Waals surface area contributed by atoms with Crippen molar-refractivity contribution in [2.24, 2.45) is 0 Å². The number of likely N-dealkylation sites (N-methyl/N-ethyl adjacent to an activating group) is 1. The van der Waals surface area contributed by atoms with Gasteiger partial charge in [0, 0.05) is 12.1 Å². The van der Waals surface area contributed by atoms with Crippen molar-refractivity contribution < 1.29 is 4.74 Å². The van der Waals surface area contributed by atoms with E-state index in [0.29, 0.717) is 11.6 Å². The SMILES string of the molecule is COc1c(N)nsc1NCC1(N(C)C)CCCC1. The minimum absolute atomic E-state index is 0.254. The van der Waals surface area contributed by atoms with E-state index in [-0.39, 0.29) is 5.54 Å². The Balaban J connectivity index is 2.05. The highest BCUT2D eigenvalue weighted by atomic mass is 32.1. The molecule has 5 nitrogen and oxygen atoms in total. The van der Waals surface area contributed by atoms with Gasteiger partial charge in [-0.15, -0.1) is 0 Å². The van der Waals surface area contributed by atoms with Crippen molar-refractivity contribution >= 4 is 22.4 Å². The molecular weight excluding hydrogens is 248 g/mol. The van der Waals surface area contributed by atoms with Gasteiger partial charge in [0.25, 0.3) is 0 Å². The topological polar surface area (TPSA) is 63.4 Å². The Morgan fingerprint density at radius 1 is 1.44 bits per heavy atom. The molecule has 1 saturated carbocycles. The number of methoxy groups -OCH3 is 1. The van der Waals surface area contributed by atoms with Crippen LogP contribution in [0.25, 0.3) is 0 Å². The van der Waals surface area contributed by atoms with Crippen LogP contribution in [-0.2, 0) is 0 Å². The van der Waals surface area contributed by atoms with E-state index in [2.05, 4.69) is 28.7 Å². The molecule has 0 saturated heterocycles. The zero-order valence-corrected chi connectivity index (χ0v) is 12.1. The van der Waals surface area contributed by atoms with Crippen molar-refractivity contribution in [3.8, 4) is 5.75 Å². The predicted octanol–water partition coefficient (Wildman–Crippen LogP) is 2.02. The third-order valence-electron chi connectivity index (χ3n) is 3.94. The molecule has 0 atom stereocenters. The fraction of sp³-hybridized carbons (Fsp3) is 0.750. The largest absolute Gasteiger partial charge is 0.490 e. The molecule has 0 bridgehead atoms. The fourth-order valence-electron chi connectivity index (χ4n) is 2.66. The highest BCUT2D eigenvalue weighted by Crippen LogP contribution is 2.38. The van der Waals surface area contributed by atoms with Crippen LogP contribution in [0.5, 0.6) is 5.75 Å². The number of anilines is 2. The molecule has 0 aliphatic heterocycles. The molecule has 0 unspecified atom stereocenters. The van der Waals surface area contributed by atoms with Gasteiger partial charge in [0.15, 0.2) is 16.6 Å². The summed E-state index contributed by atoms with van der Waals surface area (Å²) < 4.78 is 9.39. The Morgan fingerprint density at radius 3 is 2.67 bits per heavy atom. The minimum Gasteiger partial charge on any atom is -0.490 e. The highest BCUT2D eigenvalue weighted by molar-refractivity contribution is 7.11. The van der Waals surface area contributed by atoms with Gasteiger partial charge in [0.2, 0.25) is 0 Å². The van der Waals surface area contributed by atoms with E-state index >= 15 is 0 Å². The molecule has 1 aliphatic carbocycles. The molecular formula is C12H22N4OS. The van der Waals surface area contributed by atoms with Crippen molar-refractivity contribution in [3.63, 3.8) is 0 Å². The van der Waals surface area contributed by atoms with Gasteiger partial charge in [0.05, 0.1) is 7.11 Å². The van der Waals surface area contributed by atoms with Crippen molar-refractivity contribution in [2.45, 2.75) is 31.2 Å². The monoisotopic (exact) mass is 270 g/mol. The van der Waals surface area contributed by atoms with E-state index < -0.39 is 0 Å². The lowest BCUT2D eigenvalue weighted by molar-refractivity contribution is 0.172. The Labute approximate surface area is 112 Å². The van der Waals surface area contributed by atoms with Crippen LogP contribution in [-0.4, -0.2) is 42.6 Å². The maximum Gasteiger partial charge on any atom is 0.197 e. The Kier molecular flexibility index (Phi) is 3.97. The van der Waals surface area contributed by atoms with Crippen molar-refractivity contribution in [3.05, 3.63) is 0 Å². The summed E-state index contributed by atoms with van der Waals surface area (Å²) in [4.78, 5) is 2.34. The van der Waals surface area contributed by atoms with Crippen LogP contribution in [0.3, 0.4) is 0 Å². The average Bonchev–Trinajstić information content (AvgIpc) is 2.94. The lowest BCUT2D eigenvalue weighted by atomic mass is 9.96. The molecule has 1 fully saturated rings. The Morgan fingerprint density at radius 2 is 2.11 bits per heavy atom. The molecule has 0 aromatic carbocycles. The summed E-state index contributed by atoms with van der Waals surface area (Å²) in [6, 6.07) is 0. The molecule has 0 radical (unpaired) electrons. The summed E-state index contributed by atoms with van der Waals surface area (Å²) in [5, 5.41) is 4.39. The second kappa shape index (κ2) is 5.32. The first-order valence-corrected chi connectivity index (χ1v) is 7.07. The predicted molar refractivity (Wildman–Crippen MR) is 76.5 cm³/mol. The van der Waals surface area contributed by atoms with Gasteiger partial charge < -0.3 is 20.7 Å². The normalized spacial score (nSPS) is 18.2. The molecule has 3 N–H and O–H groups in total. The quantitative estimate of drug-likeness (QED) is 0.857. The molecule has 1 aliphatic rings. The number of nitrogens with one attached hydrogen (secondary N) is 1.